The van der Waals surface area contributed by atoms with Crippen LogP contribution in [0, 0.1) is 6.92 Å². The Balaban J connectivity index is 2.35. The van der Waals surface area contributed by atoms with Crippen LogP contribution in [0.3, 0.4) is 0 Å². The molecule has 90 valence electrons. The number of aryl methyl sites for hydroxylation is 1. The fourth-order valence-corrected chi connectivity index (χ4v) is 2.89. The van der Waals surface area contributed by atoms with Gasteiger partial charge in [0.2, 0.25) is 0 Å². The molecule has 0 radical (unpaired) electrons. The number of benzene rings is 1. The van der Waals surface area contributed by atoms with E-state index in [0.717, 1.165) is 16.9 Å². The SMILES string of the molecule is CCC(C)NC(=O)c1sc2ccccc2c1C. The average molecular weight is 247 g/mol. The van der Waals surface area contributed by atoms with Crippen LogP contribution in [0.15, 0.2) is 24.3 Å². The molecule has 1 atom stereocenters. The number of thiophene rings is 1. The monoisotopic (exact) mass is 247 g/mol. The summed E-state index contributed by atoms with van der Waals surface area (Å²) in [4.78, 5) is 12.9. The van der Waals surface area contributed by atoms with E-state index < -0.39 is 0 Å². The van der Waals surface area contributed by atoms with Crippen LogP contribution in [0.2, 0.25) is 0 Å². The fourth-order valence-electron chi connectivity index (χ4n) is 1.78. The Morgan fingerprint density at radius 2 is 2.12 bits per heavy atom. The van der Waals surface area contributed by atoms with Gasteiger partial charge in [-0.3, -0.25) is 4.79 Å². The van der Waals surface area contributed by atoms with Crippen LogP contribution in [-0.4, -0.2) is 11.9 Å². The van der Waals surface area contributed by atoms with E-state index in [-0.39, 0.29) is 11.9 Å². The molecule has 1 amide bonds. The highest BCUT2D eigenvalue weighted by atomic mass is 32.1. The molecule has 0 aliphatic carbocycles. The minimum atomic E-state index is 0.0537. The van der Waals surface area contributed by atoms with Crippen LogP contribution in [0.4, 0.5) is 0 Å². The summed E-state index contributed by atoms with van der Waals surface area (Å²) in [5.74, 6) is 0.0537. The van der Waals surface area contributed by atoms with Gasteiger partial charge in [-0.1, -0.05) is 25.1 Å². The molecule has 0 fully saturated rings. The lowest BCUT2D eigenvalue weighted by Gasteiger charge is -2.10. The van der Waals surface area contributed by atoms with Crippen molar-refractivity contribution in [3.05, 3.63) is 34.7 Å². The van der Waals surface area contributed by atoms with Crippen LogP contribution < -0.4 is 5.32 Å². The topological polar surface area (TPSA) is 29.1 Å². The van der Waals surface area contributed by atoms with Gasteiger partial charge in [-0.2, -0.15) is 0 Å². The molecule has 2 aromatic rings. The van der Waals surface area contributed by atoms with Gasteiger partial charge in [-0.05, 0) is 37.3 Å². The number of nitrogens with one attached hydrogen (secondary N) is 1. The molecule has 0 saturated heterocycles. The van der Waals surface area contributed by atoms with Crippen molar-refractivity contribution in [2.75, 3.05) is 0 Å². The Hall–Kier alpha value is -1.35. The maximum absolute atomic E-state index is 12.1. The average Bonchev–Trinajstić information content (AvgIpc) is 2.67. The standard InChI is InChI=1S/C14H17NOS/c1-4-9(2)15-14(16)13-10(3)11-7-5-6-8-12(11)17-13/h5-9H,4H2,1-3H3,(H,15,16). The third kappa shape index (κ3) is 2.34. The summed E-state index contributed by atoms with van der Waals surface area (Å²) in [6.07, 6.45) is 0.954. The Kier molecular flexibility index (Phi) is 3.48. The van der Waals surface area contributed by atoms with E-state index in [1.54, 1.807) is 11.3 Å². The molecule has 17 heavy (non-hydrogen) atoms. The molecule has 1 heterocycles. The quantitative estimate of drug-likeness (QED) is 0.879. The van der Waals surface area contributed by atoms with Gasteiger partial charge in [-0.15, -0.1) is 11.3 Å². The Morgan fingerprint density at radius 3 is 2.76 bits per heavy atom. The molecule has 0 spiro atoms. The number of carbonyl (C=O) groups excluding carboxylic acids is 1. The van der Waals surface area contributed by atoms with E-state index in [4.69, 9.17) is 0 Å². The van der Waals surface area contributed by atoms with Gasteiger partial charge in [-0.25, -0.2) is 0 Å². The molecule has 2 nitrogen and oxygen atoms in total. The van der Waals surface area contributed by atoms with E-state index in [9.17, 15) is 4.79 Å². The van der Waals surface area contributed by atoms with Gasteiger partial charge in [0.05, 0.1) is 4.88 Å². The molecule has 1 aromatic heterocycles. The van der Waals surface area contributed by atoms with Crippen molar-refractivity contribution in [2.45, 2.75) is 33.2 Å². The van der Waals surface area contributed by atoms with Crippen molar-refractivity contribution in [3.63, 3.8) is 0 Å². The lowest BCUT2D eigenvalue weighted by Crippen LogP contribution is -2.31. The Morgan fingerprint density at radius 1 is 1.41 bits per heavy atom. The Labute approximate surface area is 106 Å². The molecule has 1 unspecified atom stereocenters. The minimum absolute atomic E-state index is 0.0537. The van der Waals surface area contributed by atoms with Crippen LogP contribution in [-0.2, 0) is 0 Å². The van der Waals surface area contributed by atoms with Crippen LogP contribution >= 0.6 is 11.3 Å². The normalized spacial score (nSPS) is 12.6. The van der Waals surface area contributed by atoms with E-state index in [2.05, 4.69) is 24.4 Å². The number of carbonyl (C=O) groups is 1. The maximum atomic E-state index is 12.1. The number of fused-ring (bicyclic) bond motifs is 1. The van der Waals surface area contributed by atoms with E-state index in [1.165, 1.54) is 10.1 Å². The van der Waals surface area contributed by atoms with Crippen molar-refractivity contribution in [1.29, 1.82) is 0 Å². The van der Waals surface area contributed by atoms with Crippen LogP contribution in [0.1, 0.15) is 35.5 Å². The first-order chi connectivity index (χ1) is 8.13. The summed E-state index contributed by atoms with van der Waals surface area (Å²) in [6.45, 7) is 6.12. The van der Waals surface area contributed by atoms with Gasteiger partial charge in [0.25, 0.3) is 5.91 Å². The second-order valence-corrected chi connectivity index (χ2v) is 5.39. The maximum Gasteiger partial charge on any atom is 0.261 e. The van der Waals surface area contributed by atoms with Crippen LogP contribution in [0.25, 0.3) is 10.1 Å². The summed E-state index contributed by atoms with van der Waals surface area (Å²) < 4.78 is 1.18. The molecule has 1 N–H and O–H groups in total. The summed E-state index contributed by atoms with van der Waals surface area (Å²) in [7, 11) is 0. The van der Waals surface area contributed by atoms with Crippen molar-refractivity contribution in [1.82, 2.24) is 5.32 Å². The van der Waals surface area contributed by atoms with Gasteiger partial charge in [0.15, 0.2) is 0 Å². The first-order valence-electron chi connectivity index (χ1n) is 5.92. The molecule has 0 aliphatic heterocycles. The van der Waals surface area contributed by atoms with E-state index in [0.29, 0.717) is 0 Å². The number of amides is 1. The highest BCUT2D eigenvalue weighted by Crippen LogP contribution is 2.30. The number of hydrogen-bond acceptors (Lipinski definition) is 2. The molecular formula is C14H17NOS. The second kappa shape index (κ2) is 4.88. The lowest BCUT2D eigenvalue weighted by atomic mass is 10.1. The smallest absolute Gasteiger partial charge is 0.261 e. The number of hydrogen-bond donors (Lipinski definition) is 1. The first-order valence-corrected chi connectivity index (χ1v) is 6.74. The zero-order valence-corrected chi connectivity index (χ0v) is 11.2. The lowest BCUT2D eigenvalue weighted by molar-refractivity contribution is 0.0943. The zero-order chi connectivity index (χ0) is 12.4. The molecule has 1 aromatic carbocycles. The predicted octanol–water partition coefficient (Wildman–Crippen LogP) is 3.74. The van der Waals surface area contributed by atoms with Gasteiger partial charge in [0.1, 0.15) is 0 Å². The zero-order valence-electron chi connectivity index (χ0n) is 10.4. The first kappa shape index (κ1) is 12.1. The van der Waals surface area contributed by atoms with Crippen molar-refractivity contribution in [3.8, 4) is 0 Å². The third-order valence-corrected chi connectivity index (χ3v) is 4.31. The summed E-state index contributed by atoms with van der Waals surface area (Å²) >= 11 is 1.57. The minimum Gasteiger partial charge on any atom is -0.349 e. The third-order valence-electron chi connectivity index (χ3n) is 3.04. The van der Waals surface area contributed by atoms with Gasteiger partial charge in [0, 0.05) is 10.7 Å². The second-order valence-electron chi connectivity index (χ2n) is 4.34. The predicted molar refractivity (Wildman–Crippen MR) is 73.8 cm³/mol. The van der Waals surface area contributed by atoms with E-state index in [1.807, 2.05) is 26.0 Å². The fraction of sp³-hybridized carbons (Fsp3) is 0.357. The highest BCUT2D eigenvalue weighted by molar-refractivity contribution is 7.21. The summed E-state index contributed by atoms with van der Waals surface area (Å²) in [6, 6.07) is 8.38. The van der Waals surface area contributed by atoms with E-state index >= 15 is 0 Å². The van der Waals surface area contributed by atoms with Crippen LogP contribution in [0.5, 0.6) is 0 Å². The molecule has 0 aliphatic rings. The van der Waals surface area contributed by atoms with Crippen molar-refractivity contribution >= 4 is 27.3 Å². The molecule has 0 saturated carbocycles. The summed E-state index contributed by atoms with van der Waals surface area (Å²) in [5.41, 5.74) is 1.09. The molecule has 2 rings (SSSR count). The highest BCUT2D eigenvalue weighted by Gasteiger charge is 2.15. The molecule has 0 bridgehead atoms. The number of rotatable bonds is 3. The molecular weight excluding hydrogens is 230 g/mol. The van der Waals surface area contributed by atoms with Gasteiger partial charge < -0.3 is 5.32 Å². The summed E-state index contributed by atoms with van der Waals surface area (Å²) in [5, 5.41) is 4.21. The van der Waals surface area contributed by atoms with Gasteiger partial charge >= 0.3 is 0 Å². The molecule has 3 heteroatoms. The Bertz CT molecular complexity index is 544. The largest absolute Gasteiger partial charge is 0.349 e. The van der Waals surface area contributed by atoms with Crippen molar-refractivity contribution in [2.24, 2.45) is 0 Å². The van der Waals surface area contributed by atoms with Crippen molar-refractivity contribution < 1.29 is 4.79 Å².